The summed E-state index contributed by atoms with van der Waals surface area (Å²) in [5, 5.41) is 10.8. The molecule has 0 spiro atoms. The molecule has 102 valence electrons. The molecular weight excluding hydrogens is 254 g/mol. The Hall–Kier alpha value is -2.62. The van der Waals surface area contributed by atoms with Gasteiger partial charge in [0.05, 0.1) is 0 Å². The fourth-order valence-corrected chi connectivity index (χ4v) is 2.04. The van der Waals surface area contributed by atoms with Crippen molar-refractivity contribution in [2.24, 2.45) is 0 Å². The summed E-state index contributed by atoms with van der Waals surface area (Å²) in [6, 6.07) is 13.0. The standard InChI is InChI=1S/C16H15NO3/c1-2-9-17(11-15(18)19)16(20)14-8-7-12-5-3-4-6-13(12)10-14/h2-8,10H,1,9,11H2,(H,18,19). The average molecular weight is 269 g/mol. The van der Waals surface area contributed by atoms with Gasteiger partial charge < -0.3 is 10.0 Å². The van der Waals surface area contributed by atoms with Crippen molar-refractivity contribution in [3.05, 3.63) is 60.7 Å². The highest BCUT2D eigenvalue weighted by Gasteiger charge is 2.17. The van der Waals surface area contributed by atoms with Gasteiger partial charge in [-0.25, -0.2) is 0 Å². The topological polar surface area (TPSA) is 57.6 Å². The van der Waals surface area contributed by atoms with E-state index in [0.717, 1.165) is 10.8 Å². The highest BCUT2D eigenvalue weighted by atomic mass is 16.4. The van der Waals surface area contributed by atoms with Crippen molar-refractivity contribution in [3.63, 3.8) is 0 Å². The van der Waals surface area contributed by atoms with Crippen LogP contribution in [-0.2, 0) is 4.79 Å². The van der Waals surface area contributed by atoms with Crippen LogP contribution in [-0.4, -0.2) is 35.0 Å². The molecule has 0 aliphatic carbocycles. The van der Waals surface area contributed by atoms with E-state index < -0.39 is 5.97 Å². The highest BCUT2D eigenvalue weighted by molar-refractivity contribution is 5.99. The molecule has 0 radical (unpaired) electrons. The van der Waals surface area contributed by atoms with E-state index in [2.05, 4.69) is 6.58 Å². The molecule has 0 fully saturated rings. The van der Waals surface area contributed by atoms with E-state index in [4.69, 9.17) is 5.11 Å². The average Bonchev–Trinajstić information content (AvgIpc) is 2.45. The van der Waals surface area contributed by atoms with Gasteiger partial charge in [-0.1, -0.05) is 36.4 Å². The molecule has 1 N–H and O–H groups in total. The van der Waals surface area contributed by atoms with E-state index >= 15 is 0 Å². The van der Waals surface area contributed by atoms with Gasteiger partial charge in [-0.2, -0.15) is 0 Å². The van der Waals surface area contributed by atoms with Crippen LogP contribution in [0.3, 0.4) is 0 Å². The van der Waals surface area contributed by atoms with Crippen molar-refractivity contribution >= 4 is 22.6 Å². The van der Waals surface area contributed by atoms with Gasteiger partial charge in [0.25, 0.3) is 5.91 Å². The molecule has 0 unspecified atom stereocenters. The Bertz CT molecular complexity index is 664. The number of aliphatic carboxylic acids is 1. The van der Waals surface area contributed by atoms with Crippen molar-refractivity contribution in [1.82, 2.24) is 4.90 Å². The van der Waals surface area contributed by atoms with Crippen LogP contribution in [0.15, 0.2) is 55.1 Å². The van der Waals surface area contributed by atoms with Crippen LogP contribution in [0.1, 0.15) is 10.4 Å². The van der Waals surface area contributed by atoms with Crippen LogP contribution in [0.5, 0.6) is 0 Å². The molecule has 0 aliphatic heterocycles. The smallest absolute Gasteiger partial charge is 0.323 e. The van der Waals surface area contributed by atoms with Crippen molar-refractivity contribution in [2.75, 3.05) is 13.1 Å². The van der Waals surface area contributed by atoms with Gasteiger partial charge in [-0.05, 0) is 22.9 Å². The van der Waals surface area contributed by atoms with E-state index in [1.54, 1.807) is 12.1 Å². The number of hydrogen-bond donors (Lipinski definition) is 1. The van der Waals surface area contributed by atoms with E-state index in [-0.39, 0.29) is 19.0 Å². The summed E-state index contributed by atoms with van der Waals surface area (Å²) in [5.74, 6) is -1.35. The number of hydrogen-bond acceptors (Lipinski definition) is 2. The SMILES string of the molecule is C=CCN(CC(=O)O)C(=O)c1ccc2ccccc2c1. The van der Waals surface area contributed by atoms with Crippen LogP contribution in [0.4, 0.5) is 0 Å². The molecule has 4 heteroatoms. The second kappa shape index (κ2) is 6.02. The van der Waals surface area contributed by atoms with Crippen molar-refractivity contribution in [3.8, 4) is 0 Å². The summed E-state index contributed by atoms with van der Waals surface area (Å²) in [6.45, 7) is 3.42. The van der Waals surface area contributed by atoms with Crippen LogP contribution < -0.4 is 0 Å². The summed E-state index contributed by atoms with van der Waals surface area (Å²) in [7, 11) is 0. The molecule has 0 atom stereocenters. The number of rotatable bonds is 5. The largest absolute Gasteiger partial charge is 0.480 e. The molecule has 1 amide bonds. The lowest BCUT2D eigenvalue weighted by molar-refractivity contribution is -0.137. The van der Waals surface area contributed by atoms with E-state index in [9.17, 15) is 9.59 Å². The zero-order valence-electron chi connectivity index (χ0n) is 11.0. The minimum absolute atomic E-state index is 0.206. The summed E-state index contributed by atoms with van der Waals surface area (Å²) in [5.41, 5.74) is 0.479. The Morgan fingerprint density at radius 3 is 2.50 bits per heavy atom. The first-order valence-electron chi connectivity index (χ1n) is 6.22. The maximum absolute atomic E-state index is 12.3. The van der Waals surface area contributed by atoms with Crippen LogP contribution >= 0.6 is 0 Å². The first kappa shape index (κ1) is 13.8. The third-order valence-electron chi connectivity index (χ3n) is 2.96. The van der Waals surface area contributed by atoms with Crippen molar-refractivity contribution in [2.45, 2.75) is 0 Å². The van der Waals surface area contributed by atoms with Crippen LogP contribution in [0.25, 0.3) is 10.8 Å². The lowest BCUT2D eigenvalue weighted by atomic mass is 10.1. The van der Waals surface area contributed by atoms with Gasteiger partial charge in [0.15, 0.2) is 0 Å². The zero-order valence-corrected chi connectivity index (χ0v) is 11.0. The molecule has 0 heterocycles. The number of fused-ring (bicyclic) bond motifs is 1. The molecular formula is C16H15NO3. The maximum atomic E-state index is 12.3. The van der Waals surface area contributed by atoms with E-state index in [1.165, 1.54) is 11.0 Å². The van der Waals surface area contributed by atoms with Crippen molar-refractivity contribution < 1.29 is 14.7 Å². The first-order chi connectivity index (χ1) is 9.61. The minimum Gasteiger partial charge on any atom is -0.480 e. The second-order valence-electron chi connectivity index (χ2n) is 4.43. The molecule has 0 saturated heterocycles. The number of carbonyl (C=O) groups is 2. The number of carboxylic acids is 1. The highest BCUT2D eigenvalue weighted by Crippen LogP contribution is 2.16. The fraction of sp³-hybridized carbons (Fsp3) is 0.125. The molecule has 0 aromatic heterocycles. The summed E-state index contributed by atoms with van der Waals surface area (Å²) < 4.78 is 0. The van der Waals surface area contributed by atoms with Gasteiger partial charge >= 0.3 is 5.97 Å². The predicted molar refractivity (Wildman–Crippen MR) is 77.7 cm³/mol. The number of amides is 1. The maximum Gasteiger partial charge on any atom is 0.323 e. The summed E-state index contributed by atoms with van der Waals surface area (Å²) in [6.07, 6.45) is 1.52. The summed E-state index contributed by atoms with van der Waals surface area (Å²) >= 11 is 0. The second-order valence-corrected chi connectivity index (χ2v) is 4.43. The zero-order chi connectivity index (χ0) is 14.5. The normalized spacial score (nSPS) is 10.2. The predicted octanol–water partition coefficient (Wildman–Crippen LogP) is 2.55. The minimum atomic E-state index is -1.04. The third kappa shape index (κ3) is 3.03. The molecule has 4 nitrogen and oxygen atoms in total. The van der Waals surface area contributed by atoms with Gasteiger partial charge in [0, 0.05) is 12.1 Å². The summed E-state index contributed by atoms with van der Waals surface area (Å²) in [4.78, 5) is 24.4. The molecule has 2 aromatic rings. The quantitative estimate of drug-likeness (QED) is 0.849. The van der Waals surface area contributed by atoms with Gasteiger partial charge in [0.1, 0.15) is 6.54 Å². The van der Waals surface area contributed by atoms with Gasteiger partial charge in [-0.15, -0.1) is 6.58 Å². The van der Waals surface area contributed by atoms with E-state index in [0.29, 0.717) is 5.56 Å². The van der Waals surface area contributed by atoms with E-state index in [1.807, 2.05) is 30.3 Å². The fourth-order valence-electron chi connectivity index (χ4n) is 2.04. The first-order valence-corrected chi connectivity index (χ1v) is 6.22. The monoisotopic (exact) mass is 269 g/mol. The molecule has 2 aromatic carbocycles. The van der Waals surface area contributed by atoms with Crippen LogP contribution in [0, 0.1) is 0 Å². The molecule has 0 aliphatic rings. The molecule has 20 heavy (non-hydrogen) atoms. The van der Waals surface area contributed by atoms with Gasteiger partial charge in [-0.3, -0.25) is 9.59 Å². The Labute approximate surface area is 116 Å². The Morgan fingerprint density at radius 1 is 1.15 bits per heavy atom. The molecule has 0 bridgehead atoms. The Balaban J connectivity index is 2.32. The third-order valence-corrected chi connectivity index (χ3v) is 2.96. The van der Waals surface area contributed by atoms with Crippen molar-refractivity contribution in [1.29, 1.82) is 0 Å². The Morgan fingerprint density at radius 2 is 1.85 bits per heavy atom. The number of benzene rings is 2. The molecule has 2 rings (SSSR count). The lowest BCUT2D eigenvalue weighted by Gasteiger charge is -2.19. The number of carbonyl (C=O) groups excluding carboxylic acids is 1. The van der Waals surface area contributed by atoms with Crippen LogP contribution in [0.2, 0.25) is 0 Å². The number of carboxylic acid groups (broad SMARTS) is 1. The van der Waals surface area contributed by atoms with Gasteiger partial charge in [0.2, 0.25) is 0 Å². The molecule has 0 saturated carbocycles. The number of nitrogens with zero attached hydrogens (tertiary/aromatic N) is 1. The lowest BCUT2D eigenvalue weighted by Crippen LogP contribution is -2.35. The Kier molecular flexibility index (Phi) is 4.15.